The summed E-state index contributed by atoms with van der Waals surface area (Å²) >= 11 is 0. The number of aromatic nitrogens is 1. The van der Waals surface area contributed by atoms with Crippen molar-refractivity contribution < 1.29 is 28.7 Å². The summed E-state index contributed by atoms with van der Waals surface area (Å²) in [5, 5.41) is 4.27. The number of carbonyl (C=O) groups excluding carboxylic acids is 3. The fourth-order valence-corrected chi connectivity index (χ4v) is 5.79. The zero-order valence-electron chi connectivity index (χ0n) is 30.1. The van der Waals surface area contributed by atoms with Crippen molar-refractivity contribution in [2.24, 2.45) is 11.8 Å². The van der Waals surface area contributed by atoms with E-state index in [9.17, 15) is 14.4 Å². The molecule has 1 aromatic heterocycles. The minimum Gasteiger partial charge on any atom is -0.457 e. The number of nitrogens with one attached hydrogen (secondary N) is 1. The number of hydroxylamine groups is 1. The van der Waals surface area contributed by atoms with Gasteiger partial charge in [-0.3, -0.25) is 19.4 Å². The molecule has 1 saturated heterocycles. The molecule has 0 unspecified atom stereocenters. The average Bonchev–Trinajstić information content (AvgIpc) is 3.88. The number of carbonyl (C=O) groups is 3. The molecule has 2 heterocycles. The Balaban J connectivity index is 1.28. The van der Waals surface area contributed by atoms with Crippen LogP contribution in [0, 0.1) is 18.8 Å². The Morgan fingerprint density at radius 3 is 2.29 bits per heavy atom. The molecule has 1 N–H and O–H groups in total. The second-order valence-corrected chi connectivity index (χ2v) is 15.2. The van der Waals surface area contributed by atoms with E-state index in [0.29, 0.717) is 47.4 Å². The predicted octanol–water partition coefficient (Wildman–Crippen LogP) is 8.23. The number of rotatable bonds is 9. The summed E-state index contributed by atoms with van der Waals surface area (Å²) < 4.78 is 11.9. The minimum atomic E-state index is -0.510. The Labute approximate surface area is 290 Å². The van der Waals surface area contributed by atoms with Crippen LogP contribution in [0.25, 0.3) is 0 Å². The van der Waals surface area contributed by atoms with Gasteiger partial charge in [0.1, 0.15) is 17.1 Å². The van der Waals surface area contributed by atoms with Crippen LogP contribution in [0.3, 0.4) is 0 Å². The van der Waals surface area contributed by atoms with Crippen LogP contribution in [-0.2, 0) is 26.2 Å². The van der Waals surface area contributed by atoms with Crippen LogP contribution in [0.2, 0.25) is 0 Å². The third kappa shape index (κ3) is 9.59. The summed E-state index contributed by atoms with van der Waals surface area (Å²) in [6.07, 6.45) is 5.79. The lowest BCUT2D eigenvalue weighted by molar-refractivity contribution is -0.117. The fraction of sp³-hybridized carbons (Fsp3) is 0.487. The molecule has 10 nitrogen and oxygen atoms in total. The van der Waals surface area contributed by atoms with Gasteiger partial charge in [-0.2, -0.15) is 5.06 Å². The second kappa shape index (κ2) is 14.6. The van der Waals surface area contributed by atoms with E-state index in [-0.39, 0.29) is 29.2 Å². The van der Waals surface area contributed by atoms with Crippen LogP contribution < -0.4 is 15.1 Å². The minimum absolute atomic E-state index is 0.00419. The standard InChI is InChI=1S/C39H50N4O6/c1-25-9-10-28(36(45)43(47-8)32-22-29(38(2,3)4)21-31(23-32)41-35(44)27-11-12-27)20-34(25)48-33-13-16-40-30(24-33)19-26-14-17-42(18-15-26)37(46)49-39(5,6)7/h9-10,13,16,20-24,26-27H,11-12,14-15,17-19H2,1-8H3,(H,41,44). The summed E-state index contributed by atoms with van der Waals surface area (Å²) in [6.45, 7) is 15.1. The molecule has 2 aromatic carbocycles. The molecule has 3 aromatic rings. The van der Waals surface area contributed by atoms with Gasteiger partial charge in [-0.25, -0.2) is 4.79 Å². The van der Waals surface area contributed by atoms with Crippen LogP contribution in [0.1, 0.15) is 94.4 Å². The van der Waals surface area contributed by atoms with Gasteiger partial charge in [0.2, 0.25) is 5.91 Å². The van der Waals surface area contributed by atoms with Crippen molar-refractivity contribution in [2.45, 2.75) is 91.6 Å². The molecule has 0 bridgehead atoms. The van der Waals surface area contributed by atoms with Crippen molar-refractivity contribution in [3.8, 4) is 11.5 Å². The van der Waals surface area contributed by atoms with Crippen molar-refractivity contribution in [2.75, 3.05) is 30.6 Å². The van der Waals surface area contributed by atoms with Crippen molar-refractivity contribution in [3.05, 3.63) is 77.1 Å². The monoisotopic (exact) mass is 670 g/mol. The van der Waals surface area contributed by atoms with Gasteiger partial charge in [0.05, 0.1) is 12.8 Å². The number of anilines is 2. The molecule has 0 spiro atoms. The van der Waals surface area contributed by atoms with E-state index in [1.807, 2.05) is 52.0 Å². The summed E-state index contributed by atoms with van der Waals surface area (Å²) in [5.74, 6) is 1.24. The summed E-state index contributed by atoms with van der Waals surface area (Å²) in [6, 6.07) is 14.7. The second-order valence-electron chi connectivity index (χ2n) is 15.2. The Bertz CT molecular complexity index is 1680. The van der Waals surface area contributed by atoms with Gasteiger partial charge >= 0.3 is 6.09 Å². The highest BCUT2D eigenvalue weighted by Crippen LogP contribution is 2.35. The topological polar surface area (TPSA) is 110 Å². The number of ether oxygens (including phenoxy) is 2. The lowest BCUT2D eigenvalue weighted by atomic mass is 9.86. The van der Waals surface area contributed by atoms with Gasteiger partial charge in [0.15, 0.2) is 0 Å². The fourth-order valence-electron chi connectivity index (χ4n) is 5.79. The maximum atomic E-state index is 13.9. The maximum Gasteiger partial charge on any atom is 0.410 e. The Kier molecular flexibility index (Phi) is 10.7. The first-order chi connectivity index (χ1) is 23.1. The summed E-state index contributed by atoms with van der Waals surface area (Å²) in [4.78, 5) is 51.0. The Hall–Kier alpha value is -4.44. The summed E-state index contributed by atoms with van der Waals surface area (Å²) in [7, 11) is 1.45. The molecule has 5 rings (SSSR count). The molecule has 0 radical (unpaired) electrons. The van der Waals surface area contributed by atoms with Gasteiger partial charge in [-0.15, -0.1) is 0 Å². The van der Waals surface area contributed by atoms with Gasteiger partial charge in [0, 0.05) is 48.2 Å². The lowest BCUT2D eigenvalue weighted by Gasteiger charge is -2.33. The van der Waals surface area contributed by atoms with Crippen LogP contribution in [0.4, 0.5) is 16.2 Å². The smallest absolute Gasteiger partial charge is 0.410 e. The first-order valence-electron chi connectivity index (χ1n) is 17.2. The zero-order valence-corrected chi connectivity index (χ0v) is 30.1. The quantitative estimate of drug-likeness (QED) is 0.228. The van der Waals surface area contributed by atoms with E-state index in [2.05, 4.69) is 31.1 Å². The van der Waals surface area contributed by atoms with Crippen molar-refractivity contribution in [1.82, 2.24) is 9.88 Å². The first-order valence-corrected chi connectivity index (χ1v) is 17.2. The molecule has 2 fully saturated rings. The predicted molar refractivity (Wildman–Crippen MR) is 190 cm³/mol. The molecule has 10 heteroatoms. The maximum absolute atomic E-state index is 13.9. The van der Waals surface area contributed by atoms with Gasteiger partial charge in [0.25, 0.3) is 5.91 Å². The van der Waals surface area contributed by atoms with E-state index in [4.69, 9.17) is 14.3 Å². The van der Waals surface area contributed by atoms with Gasteiger partial charge in [-0.05, 0) is 119 Å². The molecule has 1 saturated carbocycles. The third-order valence-electron chi connectivity index (χ3n) is 8.82. The summed E-state index contributed by atoms with van der Waals surface area (Å²) in [5.41, 5.74) is 3.53. The lowest BCUT2D eigenvalue weighted by Crippen LogP contribution is -2.42. The van der Waals surface area contributed by atoms with Crippen molar-refractivity contribution >= 4 is 29.3 Å². The van der Waals surface area contributed by atoms with Crippen LogP contribution in [-0.4, -0.2) is 53.6 Å². The molecule has 2 aliphatic rings. The average molecular weight is 671 g/mol. The van der Waals surface area contributed by atoms with Crippen molar-refractivity contribution in [3.63, 3.8) is 0 Å². The normalized spacial score (nSPS) is 15.5. The number of likely N-dealkylation sites (tertiary alicyclic amines) is 1. The van der Waals surface area contributed by atoms with Gasteiger partial charge < -0.3 is 19.7 Å². The molecule has 262 valence electrons. The number of piperidine rings is 1. The number of benzene rings is 2. The Morgan fingerprint density at radius 2 is 1.65 bits per heavy atom. The number of aryl methyl sites for hydroxylation is 1. The van der Waals surface area contributed by atoms with E-state index in [1.165, 1.54) is 12.2 Å². The van der Waals surface area contributed by atoms with E-state index >= 15 is 0 Å². The number of hydrogen-bond donors (Lipinski definition) is 1. The molecule has 1 aliphatic heterocycles. The number of amides is 3. The zero-order chi connectivity index (χ0) is 35.5. The number of pyridine rings is 1. The highest BCUT2D eigenvalue weighted by Gasteiger charge is 2.31. The van der Waals surface area contributed by atoms with E-state index in [0.717, 1.165) is 48.9 Å². The molecule has 0 atom stereocenters. The largest absolute Gasteiger partial charge is 0.457 e. The van der Waals surface area contributed by atoms with Crippen LogP contribution >= 0.6 is 0 Å². The SMILES string of the molecule is CON(C(=O)c1ccc(C)c(Oc2ccnc(CC3CCN(C(=O)OC(C)(C)C)CC3)c2)c1)c1cc(NC(=O)C2CC2)cc(C(C)(C)C)c1. The molecule has 1 aliphatic carbocycles. The molecular weight excluding hydrogens is 620 g/mol. The highest BCUT2D eigenvalue weighted by molar-refractivity contribution is 6.05. The molecule has 49 heavy (non-hydrogen) atoms. The van der Waals surface area contributed by atoms with E-state index in [1.54, 1.807) is 35.4 Å². The first kappa shape index (κ1) is 35.9. The highest BCUT2D eigenvalue weighted by atomic mass is 16.7. The molecule has 3 amide bonds. The van der Waals surface area contributed by atoms with E-state index < -0.39 is 5.60 Å². The van der Waals surface area contributed by atoms with Gasteiger partial charge in [-0.1, -0.05) is 26.8 Å². The number of nitrogens with zero attached hydrogens (tertiary/aromatic N) is 3. The molecular formula is C39H50N4O6. The third-order valence-corrected chi connectivity index (χ3v) is 8.82. The van der Waals surface area contributed by atoms with Crippen LogP contribution in [0.15, 0.2) is 54.7 Å². The Morgan fingerprint density at radius 1 is 0.939 bits per heavy atom. The van der Waals surface area contributed by atoms with Crippen LogP contribution in [0.5, 0.6) is 11.5 Å². The number of hydrogen-bond acceptors (Lipinski definition) is 7. The van der Waals surface area contributed by atoms with Crippen molar-refractivity contribution in [1.29, 1.82) is 0 Å².